The molecule has 1 aliphatic carbocycles. The molecule has 1 N–H and O–H groups in total. The van der Waals surface area contributed by atoms with Crippen LogP contribution in [0.1, 0.15) is 36.7 Å². The normalized spacial score (nSPS) is 13.7. The maximum absolute atomic E-state index is 12.8. The number of rotatable bonds is 6. The minimum atomic E-state index is -0.0495. The fraction of sp³-hybridized carbons (Fsp3) is 0.300. The predicted molar refractivity (Wildman–Crippen MR) is 98.7 cm³/mol. The average Bonchev–Trinajstić information content (AvgIpc) is 3.50. The summed E-state index contributed by atoms with van der Waals surface area (Å²) in [5.74, 6) is 0.654. The number of para-hydroxylation sites is 1. The summed E-state index contributed by atoms with van der Waals surface area (Å²) in [7, 11) is 0. The second-order valence-electron chi connectivity index (χ2n) is 6.58. The number of amides is 1. The van der Waals surface area contributed by atoms with Gasteiger partial charge in [0.1, 0.15) is 5.82 Å². The van der Waals surface area contributed by atoms with Gasteiger partial charge in [-0.15, -0.1) is 0 Å². The van der Waals surface area contributed by atoms with E-state index in [1.54, 1.807) is 17.0 Å². The predicted octanol–water partition coefficient (Wildman–Crippen LogP) is 2.38. The summed E-state index contributed by atoms with van der Waals surface area (Å²) in [6.45, 7) is 0.474. The molecule has 1 saturated carbocycles. The summed E-state index contributed by atoms with van der Waals surface area (Å²) in [4.78, 5) is 33.6. The van der Waals surface area contributed by atoms with Gasteiger partial charge in [-0.25, -0.2) is 4.98 Å². The molecule has 3 aromatic rings. The summed E-state index contributed by atoms with van der Waals surface area (Å²) in [5.41, 5.74) is 1.71. The van der Waals surface area contributed by atoms with Crippen molar-refractivity contribution in [3.05, 3.63) is 70.5 Å². The first kappa shape index (κ1) is 16.4. The van der Waals surface area contributed by atoms with E-state index in [1.807, 2.05) is 36.4 Å². The van der Waals surface area contributed by atoms with Gasteiger partial charge in [0, 0.05) is 37.8 Å². The van der Waals surface area contributed by atoms with Crippen molar-refractivity contribution >= 4 is 16.8 Å². The van der Waals surface area contributed by atoms with Crippen LogP contribution in [0.2, 0.25) is 0 Å². The molecule has 6 heteroatoms. The molecule has 2 aromatic heterocycles. The van der Waals surface area contributed by atoms with Crippen molar-refractivity contribution in [1.29, 1.82) is 0 Å². The van der Waals surface area contributed by atoms with Crippen molar-refractivity contribution in [1.82, 2.24) is 19.9 Å². The number of hydrogen-bond acceptors (Lipinski definition) is 4. The number of aromatic nitrogens is 3. The van der Waals surface area contributed by atoms with Gasteiger partial charge in [0.2, 0.25) is 5.91 Å². The van der Waals surface area contributed by atoms with E-state index in [4.69, 9.17) is 0 Å². The number of nitrogens with zero attached hydrogens (tertiary/aromatic N) is 3. The third-order valence-electron chi connectivity index (χ3n) is 4.61. The molecule has 1 aromatic carbocycles. The van der Waals surface area contributed by atoms with E-state index in [-0.39, 0.29) is 17.5 Å². The van der Waals surface area contributed by atoms with Gasteiger partial charge in [-0.1, -0.05) is 12.1 Å². The molecule has 132 valence electrons. The topological polar surface area (TPSA) is 76.9 Å². The molecule has 26 heavy (non-hydrogen) atoms. The van der Waals surface area contributed by atoms with Gasteiger partial charge in [0.05, 0.1) is 10.9 Å². The second kappa shape index (κ2) is 7.07. The van der Waals surface area contributed by atoms with Gasteiger partial charge in [-0.05, 0) is 42.7 Å². The number of hydrogen-bond donors (Lipinski definition) is 1. The largest absolute Gasteiger partial charge is 0.352 e. The molecule has 0 aliphatic heterocycles. The highest BCUT2D eigenvalue weighted by Crippen LogP contribution is 2.34. The van der Waals surface area contributed by atoms with Crippen molar-refractivity contribution in [3.8, 4) is 0 Å². The Balaban J connectivity index is 1.49. The Morgan fingerprint density at radius 1 is 1.15 bits per heavy atom. The zero-order chi connectivity index (χ0) is 17.9. The van der Waals surface area contributed by atoms with E-state index in [9.17, 15) is 9.59 Å². The second-order valence-corrected chi connectivity index (χ2v) is 6.58. The van der Waals surface area contributed by atoms with Crippen LogP contribution in [0, 0.1) is 0 Å². The van der Waals surface area contributed by atoms with Crippen LogP contribution < -0.4 is 10.9 Å². The van der Waals surface area contributed by atoms with Crippen LogP contribution >= 0.6 is 0 Å². The van der Waals surface area contributed by atoms with E-state index in [1.165, 1.54) is 0 Å². The SMILES string of the molecule is O=C(CCc1nc2ccccc2c(=O)n1C1CC1)NCc1ccncc1. The van der Waals surface area contributed by atoms with Gasteiger partial charge in [-0.3, -0.25) is 19.1 Å². The highest BCUT2D eigenvalue weighted by Gasteiger charge is 2.28. The third-order valence-corrected chi connectivity index (χ3v) is 4.61. The van der Waals surface area contributed by atoms with E-state index in [0.717, 1.165) is 18.4 Å². The lowest BCUT2D eigenvalue weighted by Crippen LogP contribution is -2.27. The molecule has 0 unspecified atom stereocenters. The minimum Gasteiger partial charge on any atom is -0.352 e. The van der Waals surface area contributed by atoms with Gasteiger partial charge < -0.3 is 5.32 Å². The maximum Gasteiger partial charge on any atom is 0.261 e. The van der Waals surface area contributed by atoms with Crippen molar-refractivity contribution < 1.29 is 4.79 Å². The number of fused-ring (bicyclic) bond motifs is 1. The van der Waals surface area contributed by atoms with Crippen molar-refractivity contribution in [2.24, 2.45) is 0 Å². The molecule has 0 saturated heterocycles. The monoisotopic (exact) mass is 348 g/mol. The molecule has 0 bridgehead atoms. The lowest BCUT2D eigenvalue weighted by atomic mass is 10.2. The van der Waals surface area contributed by atoms with Crippen LogP contribution in [0.3, 0.4) is 0 Å². The Labute approximate surface area is 150 Å². The Kier molecular flexibility index (Phi) is 4.48. The summed E-state index contributed by atoms with van der Waals surface area (Å²) < 4.78 is 1.79. The van der Waals surface area contributed by atoms with Gasteiger partial charge in [-0.2, -0.15) is 0 Å². The molecule has 6 nitrogen and oxygen atoms in total. The molecule has 0 spiro atoms. The van der Waals surface area contributed by atoms with Crippen molar-refractivity contribution in [2.75, 3.05) is 0 Å². The quantitative estimate of drug-likeness (QED) is 0.742. The van der Waals surface area contributed by atoms with E-state index in [0.29, 0.717) is 36.1 Å². The average molecular weight is 348 g/mol. The zero-order valence-corrected chi connectivity index (χ0v) is 14.4. The van der Waals surface area contributed by atoms with Crippen LogP contribution in [0.25, 0.3) is 10.9 Å². The fourth-order valence-electron chi connectivity index (χ4n) is 3.09. The maximum atomic E-state index is 12.8. The smallest absolute Gasteiger partial charge is 0.261 e. The van der Waals surface area contributed by atoms with E-state index >= 15 is 0 Å². The minimum absolute atomic E-state index is 0.00490. The highest BCUT2D eigenvalue weighted by molar-refractivity contribution is 5.78. The van der Waals surface area contributed by atoms with Gasteiger partial charge in [0.25, 0.3) is 5.56 Å². The third kappa shape index (κ3) is 3.49. The molecule has 1 aliphatic rings. The molecular weight excluding hydrogens is 328 g/mol. The number of carbonyl (C=O) groups excluding carboxylic acids is 1. The lowest BCUT2D eigenvalue weighted by molar-refractivity contribution is -0.121. The molecule has 1 fully saturated rings. The Hall–Kier alpha value is -3.02. The van der Waals surface area contributed by atoms with Gasteiger partial charge >= 0.3 is 0 Å². The first-order valence-corrected chi connectivity index (χ1v) is 8.88. The van der Waals surface area contributed by atoms with E-state index in [2.05, 4.69) is 15.3 Å². The van der Waals surface area contributed by atoms with Crippen molar-refractivity contribution in [2.45, 2.75) is 38.3 Å². The first-order valence-electron chi connectivity index (χ1n) is 8.88. The Morgan fingerprint density at radius 2 is 1.92 bits per heavy atom. The van der Waals surface area contributed by atoms with Crippen LogP contribution in [0.5, 0.6) is 0 Å². The van der Waals surface area contributed by atoms with Gasteiger partial charge in [0.15, 0.2) is 0 Å². The lowest BCUT2D eigenvalue weighted by Gasteiger charge is -2.13. The molecular formula is C20H20N4O2. The van der Waals surface area contributed by atoms with Crippen molar-refractivity contribution in [3.63, 3.8) is 0 Å². The van der Waals surface area contributed by atoms with Crippen LogP contribution in [-0.4, -0.2) is 20.4 Å². The number of carbonyl (C=O) groups is 1. The molecule has 0 atom stereocenters. The highest BCUT2D eigenvalue weighted by atomic mass is 16.1. The Bertz CT molecular complexity index is 994. The molecule has 0 radical (unpaired) electrons. The summed E-state index contributed by atoms with van der Waals surface area (Å²) in [6.07, 6.45) is 6.17. The molecule has 4 rings (SSSR count). The Morgan fingerprint density at radius 3 is 2.69 bits per heavy atom. The fourth-order valence-corrected chi connectivity index (χ4v) is 3.09. The number of pyridine rings is 1. The molecule has 1 amide bonds. The standard InChI is InChI=1S/C20H20N4O2/c25-19(22-13-14-9-11-21-12-10-14)8-7-18-23-17-4-2-1-3-16(17)20(26)24(18)15-5-6-15/h1-4,9-12,15H,5-8,13H2,(H,22,25). The first-order chi connectivity index (χ1) is 12.7. The van der Waals surface area contributed by atoms with E-state index < -0.39 is 0 Å². The number of benzene rings is 1. The molecule has 2 heterocycles. The van der Waals surface area contributed by atoms with Crippen LogP contribution in [-0.2, 0) is 17.8 Å². The summed E-state index contributed by atoms with van der Waals surface area (Å²) >= 11 is 0. The zero-order valence-electron chi connectivity index (χ0n) is 14.4. The number of nitrogens with one attached hydrogen (secondary N) is 1. The summed E-state index contributed by atoms with van der Waals surface area (Å²) in [6, 6.07) is 11.4. The van der Waals surface area contributed by atoms with Crippen LogP contribution in [0.4, 0.5) is 0 Å². The van der Waals surface area contributed by atoms with Crippen LogP contribution in [0.15, 0.2) is 53.6 Å². The summed E-state index contributed by atoms with van der Waals surface area (Å²) in [5, 5.41) is 3.55. The number of aryl methyl sites for hydroxylation is 1.